The number of rotatable bonds is 2. The summed E-state index contributed by atoms with van der Waals surface area (Å²) >= 11 is 7.80. The van der Waals surface area contributed by atoms with Crippen molar-refractivity contribution in [2.45, 2.75) is 13.3 Å². The molecule has 3 aromatic rings. The highest BCUT2D eigenvalue weighted by Gasteiger charge is 2.12. The number of fused-ring (bicyclic) bond motifs is 1. The van der Waals surface area contributed by atoms with Gasteiger partial charge in [0.05, 0.1) is 10.4 Å². The number of aromatic nitrogens is 2. The van der Waals surface area contributed by atoms with E-state index in [2.05, 4.69) is 23.0 Å². The van der Waals surface area contributed by atoms with Gasteiger partial charge in [0.15, 0.2) is 5.82 Å². The average Bonchev–Trinajstić information content (AvgIpc) is 2.87. The van der Waals surface area contributed by atoms with Gasteiger partial charge < -0.3 is 5.11 Å². The molecule has 0 aliphatic carbocycles. The molecule has 0 aliphatic heterocycles. The van der Waals surface area contributed by atoms with Crippen molar-refractivity contribution in [1.82, 2.24) is 9.97 Å². The first-order valence-electron chi connectivity index (χ1n) is 5.92. The van der Waals surface area contributed by atoms with E-state index < -0.39 is 0 Å². The van der Waals surface area contributed by atoms with Crippen LogP contribution in [-0.2, 0) is 6.42 Å². The maximum absolute atomic E-state index is 9.48. The van der Waals surface area contributed by atoms with Crippen LogP contribution in [0.5, 0.6) is 5.75 Å². The summed E-state index contributed by atoms with van der Waals surface area (Å²) in [7, 11) is 0. The molecule has 3 rings (SSSR count). The topological polar surface area (TPSA) is 46.0 Å². The summed E-state index contributed by atoms with van der Waals surface area (Å²) in [5, 5.41) is 12.5. The van der Waals surface area contributed by atoms with Gasteiger partial charge in [0.1, 0.15) is 10.9 Å². The highest BCUT2D eigenvalue weighted by Crippen LogP contribution is 2.31. The van der Waals surface area contributed by atoms with E-state index in [0.717, 1.165) is 16.8 Å². The molecule has 19 heavy (non-hydrogen) atoms. The van der Waals surface area contributed by atoms with Gasteiger partial charge in [-0.15, -0.1) is 11.3 Å². The highest BCUT2D eigenvalue weighted by atomic mass is 35.5. The van der Waals surface area contributed by atoms with Crippen LogP contribution in [0.1, 0.15) is 12.5 Å². The predicted octanol–water partition coefficient (Wildman–Crippen LogP) is 4.28. The van der Waals surface area contributed by atoms with Crippen LogP contribution >= 0.6 is 22.9 Å². The molecule has 0 saturated carbocycles. The van der Waals surface area contributed by atoms with Crippen molar-refractivity contribution >= 4 is 33.8 Å². The van der Waals surface area contributed by atoms with Crippen molar-refractivity contribution < 1.29 is 5.11 Å². The molecule has 0 unspecified atom stereocenters. The number of halogens is 1. The summed E-state index contributed by atoms with van der Waals surface area (Å²) in [4.78, 5) is 9.93. The molecule has 0 atom stereocenters. The molecule has 3 nitrogen and oxygen atoms in total. The van der Waals surface area contributed by atoms with E-state index in [1.54, 1.807) is 29.5 Å². The van der Waals surface area contributed by atoms with E-state index in [0.29, 0.717) is 16.4 Å². The Morgan fingerprint density at radius 2 is 2.11 bits per heavy atom. The SMILES string of the molecule is CCc1ccsc1-c1nc(Cl)c2cc(O)ccc2n1. The molecule has 2 aromatic heterocycles. The number of phenolic OH excluding ortho intramolecular Hbond substituents is 1. The second-order valence-corrected chi connectivity index (χ2v) is 5.44. The summed E-state index contributed by atoms with van der Waals surface area (Å²) in [6.07, 6.45) is 0.938. The highest BCUT2D eigenvalue weighted by molar-refractivity contribution is 7.13. The van der Waals surface area contributed by atoms with Gasteiger partial charge in [0.2, 0.25) is 0 Å². The Morgan fingerprint density at radius 1 is 1.26 bits per heavy atom. The van der Waals surface area contributed by atoms with E-state index in [9.17, 15) is 5.11 Å². The maximum atomic E-state index is 9.48. The van der Waals surface area contributed by atoms with Gasteiger partial charge in [-0.3, -0.25) is 0 Å². The van der Waals surface area contributed by atoms with Crippen molar-refractivity contribution in [2.24, 2.45) is 0 Å². The van der Waals surface area contributed by atoms with E-state index in [4.69, 9.17) is 11.6 Å². The number of phenols is 1. The molecule has 0 aliphatic rings. The van der Waals surface area contributed by atoms with Gasteiger partial charge in [-0.1, -0.05) is 18.5 Å². The Labute approximate surface area is 119 Å². The second-order valence-electron chi connectivity index (χ2n) is 4.17. The predicted molar refractivity (Wildman–Crippen MR) is 78.9 cm³/mol. The second kappa shape index (κ2) is 4.79. The van der Waals surface area contributed by atoms with Crippen molar-refractivity contribution in [3.8, 4) is 16.5 Å². The van der Waals surface area contributed by atoms with Gasteiger partial charge in [0.25, 0.3) is 0 Å². The van der Waals surface area contributed by atoms with Gasteiger partial charge in [-0.25, -0.2) is 9.97 Å². The van der Waals surface area contributed by atoms with E-state index in [1.165, 1.54) is 5.56 Å². The minimum atomic E-state index is 0.163. The fourth-order valence-corrected chi connectivity index (χ4v) is 3.15. The van der Waals surface area contributed by atoms with Gasteiger partial charge in [0, 0.05) is 5.39 Å². The number of benzene rings is 1. The van der Waals surface area contributed by atoms with E-state index in [-0.39, 0.29) is 5.75 Å². The molecule has 96 valence electrons. The number of thiophene rings is 1. The Kier molecular flexibility index (Phi) is 3.12. The Balaban J connectivity index is 2.24. The molecule has 2 heterocycles. The van der Waals surface area contributed by atoms with Crippen molar-refractivity contribution in [3.05, 3.63) is 40.4 Å². The third-order valence-corrected chi connectivity index (χ3v) is 4.20. The fourth-order valence-electron chi connectivity index (χ4n) is 1.99. The maximum Gasteiger partial charge on any atom is 0.171 e. The smallest absolute Gasteiger partial charge is 0.171 e. The molecule has 1 N–H and O–H groups in total. The Hall–Kier alpha value is -1.65. The first kappa shape index (κ1) is 12.4. The van der Waals surface area contributed by atoms with Crippen molar-refractivity contribution in [3.63, 3.8) is 0 Å². The Morgan fingerprint density at radius 3 is 2.89 bits per heavy atom. The number of hydrogen-bond acceptors (Lipinski definition) is 4. The van der Waals surface area contributed by atoms with Crippen LogP contribution in [0.25, 0.3) is 21.6 Å². The van der Waals surface area contributed by atoms with Crippen molar-refractivity contribution in [1.29, 1.82) is 0 Å². The minimum absolute atomic E-state index is 0.163. The summed E-state index contributed by atoms with van der Waals surface area (Å²) in [5.74, 6) is 0.811. The average molecular weight is 291 g/mol. The third-order valence-electron chi connectivity index (χ3n) is 2.96. The van der Waals surface area contributed by atoms with E-state index >= 15 is 0 Å². The molecule has 0 radical (unpaired) electrons. The van der Waals surface area contributed by atoms with Crippen LogP contribution in [0.15, 0.2) is 29.6 Å². The zero-order valence-electron chi connectivity index (χ0n) is 10.2. The van der Waals surface area contributed by atoms with E-state index in [1.807, 2.05) is 5.38 Å². The first-order chi connectivity index (χ1) is 9.19. The van der Waals surface area contributed by atoms with Gasteiger partial charge in [-0.05, 0) is 41.6 Å². The quantitative estimate of drug-likeness (QED) is 0.717. The molecule has 0 saturated heterocycles. The molecule has 0 spiro atoms. The fraction of sp³-hybridized carbons (Fsp3) is 0.143. The summed E-state index contributed by atoms with van der Waals surface area (Å²) < 4.78 is 0. The number of nitrogens with zero attached hydrogens (tertiary/aromatic N) is 2. The molecular formula is C14H11ClN2OS. The molecule has 0 fully saturated rings. The molecular weight excluding hydrogens is 280 g/mol. The Bertz CT molecular complexity index is 754. The summed E-state index contributed by atoms with van der Waals surface area (Å²) in [5.41, 5.74) is 1.96. The number of aromatic hydroxyl groups is 1. The summed E-state index contributed by atoms with van der Waals surface area (Å²) in [6.45, 7) is 2.10. The number of aryl methyl sites for hydroxylation is 1. The monoisotopic (exact) mass is 290 g/mol. The van der Waals surface area contributed by atoms with Crippen LogP contribution in [0.4, 0.5) is 0 Å². The molecule has 0 amide bonds. The third kappa shape index (κ3) is 2.17. The van der Waals surface area contributed by atoms with Crippen LogP contribution in [0.2, 0.25) is 5.15 Å². The van der Waals surface area contributed by atoms with Crippen LogP contribution < -0.4 is 0 Å². The largest absolute Gasteiger partial charge is 0.508 e. The zero-order chi connectivity index (χ0) is 13.4. The standard InChI is InChI=1S/C14H11ClN2OS/c1-2-8-5-6-19-12(8)14-16-11-4-3-9(18)7-10(11)13(15)17-14/h3-7,18H,2H2,1H3. The lowest BCUT2D eigenvalue weighted by Crippen LogP contribution is -1.92. The zero-order valence-corrected chi connectivity index (χ0v) is 11.8. The van der Waals surface area contributed by atoms with Crippen LogP contribution in [0, 0.1) is 0 Å². The number of hydrogen-bond donors (Lipinski definition) is 1. The van der Waals surface area contributed by atoms with Crippen LogP contribution in [-0.4, -0.2) is 15.1 Å². The van der Waals surface area contributed by atoms with Crippen LogP contribution in [0.3, 0.4) is 0 Å². The molecule has 0 bridgehead atoms. The van der Waals surface area contributed by atoms with Gasteiger partial charge in [-0.2, -0.15) is 0 Å². The normalized spacial score (nSPS) is 11.1. The molecule has 5 heteroatoms. The molecule has 1 aromatic carbocycles. The minimum Gasteiger partial charge on any atom is -0.508 e. The lowest BCUT2D eigenvalue weighted by Gasteiger charge is -2.05. The van der Waals surface area contributed by atoms with Crippen molar-refractivity contribution in [2.75, 3.05) is 0 Å². The van der Waals surface area contributed by atoms with Gasteiger partial charge >= 0.3 is 0 Å². The first-order valence-corrected chi connectivity index (χ1v) is 7.18. The summed E-state index contributed by atoms with van der Waals surface area (Å²) in [6, 6.07) is 7.01. The lowest BCUT2D eigenvalue weighted by atomic mass is 10.2. The lowest BCUT2D eigenvalue weighted by molar-refractivity contribution is 0.476.